The van der Waals surface area contributed by atoms with Gasteiger partial charge in [0.1, 0.15) is 28.7 Å². The zero-order valence-corrected chi connectivity index (χ0v) is 17.7. The Morgan fingerprint density at radius 3 is 2.41 bits per heavy atom. The summed E-state index contributed by atoms with van der Waals surface area (Å²) in [4.78, 5) is 38.2. The number of primary amides is 1. The minimum atomic E-state index is -2.62. The molecule has 0 aromatic heterocycles. The normalized spacial score (nSPS) is 26.2. The summed E-state index contributed by atoms with van der Waals surface area (Å²) in [5, 5.41) is 43.0. The molecule has 9 heteroatoms. The summed E-state index contributed by atoms with van der Waals surface area (Å²) < 4.78 is 14.6. The van der Waals surface area contributed by atoms with Crippen LogP contribution in [-0.2, 0) is 16.0 Å². The third kappa shape index (κ3) is 2.76. The van der Waals surface area contributed by atoms with Crippen LogP contribution in [0.25, 0.3) is 11.1 Å². The topological polar surface area (TPSA) is 158 Å². The molecule has 0 heterocycles. The summed E-state index contributed by atoms with van der Waals surface area (Å²) in [6.45, 7) is 0. The first-order valence-corrected chi connectivity index (χ1v) is 10.6. The molecule has 0 saturated heterocycles. The van der Waals surface area contributed by atoms with Crippen LogP contribution in [0.4, 0.5) is 4.39 Å². The van der Waals surface area contributed by atoms with Gasteiger partial charge >= 0.3 is 0 Å². The van der Waals surface area contributed by atoms with E-state index in [0.717, 1.165) is 0 Å². The molecule has 174 valence electrons. The number of fused-ring (bicyclic) bond motifs is 3. The van der Waals surface area contributed by atoms with Gasteiger partial charge < -0.3 is 26.2 Å². The average molecular weight is 465 g/mol. The lowest BCUT2D eigenvalue weighted by Crippen LogP contribution is -2.57. The molecule has 5 rings (SSSR count). The standard InChI is InChI=1S/C25H20FNO7/c26-15-4-2-1-3-13(15)12-5-6-16(28)19-14(12)8-10-7-11-9-17(29)20(24(27)33)23(32)25(11,34)22(31)18(10)21(19)30/h1-6,10-11,28-29,31,34H,7-9H2,(H2,27,33)/t10-,11+,25+/m1/s1. The highest BCUT2D eigenvalue weighted by molar-refractivity contribution is 6.24. The van der Waals surface area contributed by atoms with Crippen LogP contribution in [-0.4, -0.2) is 43.5 Å². The second-order valence-electron chi connectivity index (χ2n) is 8.88. The number of ketones is 2. The van der Waals surface area contributed by atoms with Crippen molar-refractivity contribution in [3.05, 3.63) is 76.0 Å². The molecule has 3 aliphatic carbocycles. The van der Waals surface area contributed by atoms with Crippen LogP contribution in [0.1, 0.15) is 28.8 Å². The number of phenols is 1. The van der Waals surface area contributed by atoms with Crippen molar-refractivity contribution in [3.8, 4) is 16.9 Å². The molecule has 3 aliphatic rings. The van der Waals surface area contributed by atoms with Gasteiger partial charge in [0.15, 0.2) is 11.4 Å². The van der Waals surface area contributed by atoms with E-state index in [1.165, 1.54) is 24.3 Å². The molecular weight excluding hydrogens is 445 g/mol. The quantitative estimate of drug-likeness (QED) is 0.426. The third-order valence-corrected chi connectivity index (χ3v) is 7.11. The molecule has 6 N–H and O–H groups in total. The lowest BCUT2D eigenvalue weighted by atomic mass is 9.60. The van der Waals surface area contributed by atoms with Crippen molar-refractivity contribution < 1.29 is 39.2 Å². The Morgan fingerprint density at radius 1 is 1.03 bits per heavy atom. The number of amides is 1. The van der Waals surface area contributed by atoms with Gasteiger partial charge in [-0.1, -0.05) is 24.3 Å². The van der Waals surface area contributed by atoms with Crippen molar-refractivity contribution in [3.63, 3.8) is 0 Å². The average Bonchev–Trinajstić information content (AvgIpc) is 2.77. The van der Waals surface area contributed by atoms with E-state index >= 15 is 0 Å². The van der Waals surface area contributed by atoms with Crippen molar-refractivity contribution in [1.29, 1.82) is 0 Å². The first-order valence-electron chi connectivity index (χ1n) is 10.6. The number of hydrogen-bond donors (Lipinski definition) is 5. The Kier molecular flexibility index (Phi) is 4.66. The maximum atomic E-state index is 14.6. The molecule has 0 fully saturated rings. The summed E-state index contributed by atoms with van der Waals surface area (Å²) in [6, 6.07) is 8.73. The van der Waals surface area contributed by atoms with Crippen LogP contribution in [0.3, 0.4) is 0 Å². The first kappa shape index (κ1) is 21.8. The van der Waals surface area contributed by atoms with Gasteiger partial charge in [0.2, 0.25) is 5.78 Å². The Bertz CT molecular complexity index is 1380. The maximum Gasteiger partial charge on any atom is 0.255 e. The molecule has 0 radical (unpaired) electrons. The highest BCUT2D eigenvalue weighted by atomic mass is 19.1. The molecule has 0 saturated carbocycles. The van der Waals surface area contributed by atoms with Crippen molar-refractivity contribution >= 4 is 17.5 Å². The lowest BCUT2D eigenvalue weighted by molar-refractivity contribution is -0.144. The highest BCUT2D eigenvalue weighted by Crippen LogP contribution is 2.52. The van der Waals surface area contributed by atoms with Gasteiger partial charge in [0.25, 0.3) is 5.91 Å². The second-order valence-corrected chi connectivity index (χ2v) is 8.88. The monoisotopic (exact) mass is 465 g/mol. The fourth-order valence-electron chi connectivity index (χ4n) is 5.55. The SMILES string of the molecule is NC(=O)C1=C(O)C[C@@H]2C[C@@H]3Cc4c(-c5ccccc5F)ccc(O)c4C(=O)C3=C(O)[C@]2(O)C1=O. The van der Waals surface area contributed by atoms with E-state index in [9.17, 15) is 39.2 Å². The van der Waals surface area contributed by atoms with Crippen LogP contribution in [0.2, 0.25) is 0 Å². The van der Waals surface area contributed by atoms with E-state index in [4.69, 9.17) is 5.73 Å². The Balaban J connectivity index is 1.70. The number of aliphatic hydroxyl groups excluding tert-OH is 2. The molecule has 0 spiro atoms. The second kappa shape index (κ2) is 7.26. The number of allylic oxidation sites excluding steroid dienone is 2. The van der Waals surface area contributed by atoms with Crippen LogP contribution in [0.15, 0.2) is 59.1 Å². The zero-order valence-electron chi connectivity index (χ0n) is 17.7. The van der Waals surface area contributed by atoms with Crippen molar-refractivity contribution in [1.82, 2.24) is 0 Å². The number of carbonyl (C=O) groups excluding carboxylic acids is 3. The Hall–Kier alpha value is -3.98. The van der Waals surface area contributed by atoms with E-state index < -0.39 is 63.6 Å². The largest absolute Gasteiger partial charge is 0.511 e. The van der Waals surface area contributed by atoms with Gasteiger partial charge in [-0.25, -0.2) is 4.39 Å². The number of carbonyl (C=O) groups is 3. The number of halogens is 1. The molecule has 2 aromatic carbocycles. The predicted octanol–water partition coefficient (Wildman–Crippen LogP) is 2.39. The Morgan fingerprint density at radius 2 is 1.74 bits per heavy atom. The maximum absolute atomic E-state index is 14.6. The van der Waals surface area contributed by atoms with Crippen LogP contribution >= 0.6 is 0 Å². The molecule has 3 atom stereocenters. The predicted molar refractivity (Wildman–Crippen MR) is 116 cm³/mol. The van der Waals surface area contributed by atoms with E-state index in [2.05, 4.69) is 0 Å². The molecular formula is C25H20FNO7. The molecule has 2 aromatic rings. The molecule has 8 nitrogen and oxygen atoms in total. The number of Topliss-reactive ketones (excluding diaryl/α,β-unsaturated/α-hetero) is 2. The Labute approximate surface area is 192 Å². The van der Waals surface area contributed by atoms with Gasteiger partial charge in [0.05, 0.1) is 5.56 Å². The number of hydrogen-bond acceptors (Lipinski definition) is 7. The van der Waals surface area contributed by atoms with Crippen LogP contribution in [0.5, 0.6) is 5.75 Å². The first-order chi connectivity index (χ1) is 16.1. The van der Waals surface area contributed by atoms with E-state index in [0.29, 0.717) is 11.1 Å². The summed E-state index contributed by atoms with van der Waals surface area (Å²) in [7, 11) is 0. The van der Waals surface area contributed by atoms with Crippen molar-refractivity contribution in [2.75, 3.05) is 0 Å². The minimum absolute atomic E-state index is 0.00921. The van der Waals surface area contributed by atoms with Crippen LogP contribution < -0.4 is 5.73 Å². The lowest BCUT2D eigenvalue weighted by Gasteiger charge is -2.45. The molecule has 0 aliphatic heterocycles. The minimum Gasteiger partial charge on any atom is -0.511 e. The summed E-state index contributed by atoms with van der Waals surface area (Å²) >= 11 is 0. The number of nitrogens with two attached hydrogens (primary N) is 1. The summed E-state index contributed by atoms with van der Waals surface area (Å²) in [6.07, 6.45) is -0.197. The molecule has 1 amide bonds. The van der Waals surface area contributed by atoms with Gasteiger partial charge in [0, 0.05) is 23.5 Å². The highest BCUT2D eigenvalue weighted by Gasteiger charge is 2.59. The summed E-state index contributed by atoms with van der Waals surface area (Å²) in [5.41, 5.74) is 2.34. The zero-order chi connectivity index (χ0) is 24.5. The number of benzene rings is 2. The number of phenolic OH excluding ortho intramolecular Hbond substituents is 1. The molecule has 34 heavy (non-hydrogen) atoms. The van der Waals surface area contributed by atoms with E-state index in [-0.39, 0.29) is 36.0 Å². The summed E-state index contributed by atoms with van der Waals surface area (Å²) in [5.74, 6) is -7.48. The number of aliphatic hydroxyl groups is 3. The van der Waals surface area contributed by atoms with Gasteiger partial charge in [-0.3, -0.25) is 14.4 Å². The van der Waals surface area contributed by atoms with Gasteiger partial charge in [-0.05, 0) is 42.0 Å². The fourth-order valence-corrected chi connectivity index (χ4v) is 5.55. The smallest absolute Gasteiger partial charge is 0.255 e. The molecule has 0 unspecified atom stereocenters. The number of rotatable bonds is 2. The van der Waals surface area contributed by atoms with Crippen molar-refractivity contribution in [2.24, 2.45) is 17.6 Å². The van der Waals surface area contributed by atoms with Crippen LogP contribution in [0, 0.1) is 17.7 Å². The molecule has 0 bridgehead atoms. The fraction of sp³-hybridized carbons (Fsp3) is 0.240. The number of aromatic hydroxyl groups is 1. The van der Waals surface area contributed by atoms with Gasteiger partial charge in [-0.15, -0.1) is 0 Å². The van der Waals surface area contributed by atoms with E-state index in [1.807, 2.05) is 0 Å². The van der Waals surface area contributed by atoms with Crippen molar-refractivity contribution in [2.45, 2.75) is 24.9 Å². The third-order valence-electron chi connectivity index (χ3n) is 7.11. The van der Waals surface area contributed by atoms with Gasteiger partial charge in [-0.2, -0.15) is 0 Å². The van der Waals surface area contributed by atoms with E-state index in [1.54, 1.807) is 12.1 Å².